The second kappa shape index (κ2) is 8.53. The Balaban J connectivity index is 2.19. The molecule has 0 bridgehead atoms. The van der Waals surface area contributed by atoms with Gasteiger partial charge in [0.25, 0.3) is 5.24 Å². The monoisotopic (exact) mass is 284 g/mol. The van der Waals surface area contributed by atoms with Gasteiger partial charge in [-0.3, -0.25) is 9.59 Å². The number of halogens is 1. The predicted octanol–water partition coefficient (Wildman–Crippen LogP) is 3.18. The molecule has 0 aliphatic heterocycles. The van der Waals surface area contributed by atoms with E-state index in [4.69, 9.17) is 21.1 Å². The maximum atomic E-state index is 11.1. The Morgan fingerprint density at radius 2 is 1.84 bits per heavy atom. The standard InChI is InChI=1S/C14H17ClO4/c1-2-4-13(16)19-10-3-9-18-12-7-5-11(6-8-12)14(15)17/h5-8H,2-4,9-10H2,1H3. The molecule has 0 unspecified atom stereocenters. The van der Waals surface area contributed by atoms with Gasteiger partial charge in [-0.05, 0) is 42.3 Å². The van der Waals surface area contributed by atoms with Crippen LogP contribution in [0.4, 0.5) is 0 Å². The largest absolute Gasteiger partial charge is 0.493 e. The second-order valence-electron chi connectivity index (χ2n) is 3.97. The van der Waals surface area contributed by atoms with Crippen LogP contribution in [-0.4, -0.2) is 24.4 Å². The fourth-order valence-corrected chi connectivity index (χ4v) is 1.52. The Morgan fingerprint density at radius 3 is 2.42 bits per heavy atom. The van der Waals surface area contributed by atoms with E-state index in [1.54, 1.807) is 24.3 Å². The van der Waals surface area contributed by atoms with Crippen molar-refractivity contribution in [1.82, 2.24) is 0 Å². The molecule has 1 rings (SSSR count). The van der Waals surface area contributed by atoms with Crippen LogP contribution >= 0.6 is 11.6 Å². The van der Waals surface area contributed by atoms with Gasteiger partial charge < -0.3 is 9.47 Å². The van der Waals surface area contributed by atoms with E-state index >= 15 is 0 Å². The summed E-state index contributed by atoms with van der Waals surface area (Å²) < 4.78 is 10.4. The number of rotatable bonds is 8. The van der Waals surface area contributed by atoms with Crippen LogP contribution in [0.15, 0.2) is 24.3 Å². The highest BCUT2D eigenvalue weighted by Crippen LogP contribution is 2.13. The normalized spacial score (nSPS) is 10.0. The number of benzene rings is 1. The summed E-state index contributed by atoms with van der Waals surface area (Å²) in [4.78, 5) is 21.9. The Kier molecular flexibility index (Phi) is 6.97. The van der Waals surface area contributed by atoms with E-state index in [0.29, 0.717) is 37.4 Å². The zero-order chi connectivity index (χ0) is 14.1. The molecule has 0 saturated carbocycles. The van der Waals surface area contributed by atoms with Crippen molar-refractivity contribution >= 4 is 22.8 Å². The summed E-state index contributed by atoms with van der Waals surface area (Å²) in [6.45, 7) is 2.74. The van der Waals surface area contributed by atoms with E-state index in [2.05, 4.69) is 0 Å². The summed E-state index contributed by atoms with van der Waals surface area (Å²) in [5.74, 6) is 0.481. The van der Waals surface area contributed by atoms with E-state index in [1.807, 2.05) is 6.92 Å². The van der Waals surface area contributed by atoms with Gasteiger partial charge in [-0.25, -0.2) is 0 Å². The molecule has 0 spiro atoms. The highest BCUT2D eigenvalue weighted by molar-refractivity contribution is 6.67. The third kappa shape index (κ3) is 6.25. The molecule has 0 radical (unpaired) electrons. The second-order valence-corrected chi connectivity index (χ2v) is 4.31. The zero-order valence-corrected chi connectivity index (χ0v) is 11.6. The fraction of sp³-hybridized carbons (Fsp3) is 0.429. The third-order valence-corrected chi connectivity index (χ3v) is 2.57. The molecule has 0 N–H and O–H groups in total. The van der Waals surface area contributed by atoms with Crippen LogP contribution < -0.4 is 4.74 Å². The van der Waals surface area contributed by atoms with Gasteiger partial charge in [0, 0.05) is 18.4 Å². The van der Waals surface area contributed by atoms with Crippen molar-refractivity contribution < 1.29 is 19.1 Å². The predicted molar refractivity (Wildman–Crippen MR) is 72.6 cm³/mol. The molecule has 0 saturated heterocycles. The maximum absolute atomic E-state index is 11.1. The number of carbonyl (C=O) groups excluding carboxylic acids is 2. The highest BCUT2D eigenvalue weighted by atomic mass is 35.5. The average Bonchev–Trinajstić information content (AvgIpc) is 2.39. The van der Waals surface area contributed by atoms with Crippen LogP contribution in [0, 0.1) is 0 Å². The van der Waals surface area contributed by atoms with Gasteiger partial charge in [-0.15, -0.1) is 0 Å². The molecule has 0 amide bonds. The Hall–Kier alpha value is -1.55. The summed E-state index contributed by atoms with van der Waals surface area (Å²) in [7, 11) is 0. The SMILES string of the molecule is CCCC(=O)OCCCOc1ccc(C(=O)Cl)cc1. The first kappa shape index (κ1) is 15.5. The van der Waals surface area contributed by atoms with Crippen molar-refractivity contribution in [3.63, 3.8) is 0 Å². The summed E-state index contributed by atoms with van der Waals surface area (Å²) >= 11 is 5.33. The third-order valence-electron chi connectivity index (χ3n) is 2.36. The molecule has 0 atom stereocenters. The maximum Gasteiger partial charge on any atom is 0.305 e. The van der Waals surface area contributed by atoms with Crippen LogP contribution in [0.3, 0.4) is 0 Å². The van der Waals surface area contributed by atoms with E-state index in [0.717, 1.165) is 6.42 Å². The minimum atomic E-state index is -0.491. The van der Waals surface area contributed by atoms with Gasteiger partial charge in [0.05, 0.1) is 13.2 Å². The van der Waals surface area contributed by atoms with Crippen molar-refractivity contribution in [3.05, 3.63) is 29.8 Å². The molecule has 0 fully saturated rings. The molecular formula is C14H17ClO4. The Labute approximate surface area is 117 Å². The minimum Gasteiger partial charge on any atom is -0.493 e. The van der Waals surface area contributed by atoms with Crippen molar-refractivity contribution in [3.8, 4) is 5.75 Å². The molecule has 4 nitrogen and oxygen atoms in total. The van der Waals surface area contributed by atoms with Crippen molar-refractivity contribution in [2.75, 3.05) is 13.2 Å². The molecule has 1 aromatic carbocycles. The lowest BCUT2D eigenvalue weighted by atomic mass is 10.2. The van der Waals surface area contributed by atoms with E-state index < -0.39 is 5.24 Å². The van der Waals surface area contributed by atoms with E-state index in [9.17, 15) is 9.59 Å². The first-order valence-corrected chi connectivity index (χ1v) is 6.59. The van der Waals surface area contributed by atoms with Gasteiger partial charge in [0.2, 0.25) is 0 Å². The van der Waals surface area contributed by atoms with Crippen LogP contribution in [-0.2, 0) is 9.53 Å². The van der Waals surface area contributed by atoms with Gasteiger partial charge in [-0.2, -0.15) is 0 Å². The first-order valence-electron chi connectivity index (χ1n) is 6.21. The molecule has 0 aliphatic rings. The minimum absolute atomic E-state index is 0.174. The molecule has 19 heavy (non-hydrogen) atoms. The summed E-state index contributed by atoms with van der Waals surface area (Å²) in [6.07, 6.45) is 1.88. The van der Waals surface area contributed by atoms with E-state index in [-0.39, 0.29) is 5.97 Å². The summed E-state index contributed by atoms with van der Waals surface area (Å²) in [6, 6.07) is 6.56. The average molecular weight is 285 g/mol. The van der Waals surface area contributed by atoms with Crippen molar-refractivity contribution in [2.24, 2.45) is 0 Å². The molecule has 104 valence electrons. The number of carbonyl (C=O) groups is 2. The lowest BCUT2D eigenvalue weighted by Gasteiger charge is -2.07. The molecular weight excluding hydrogens is 268 g/mol. The first-order chi connectivity index (χ1) is 9.13. The Morgan fingerprint density at radius 1 is 1.16 bits per heavy atom. The van der Waals surface area contributed by atoms with Crippen LogP contribution in [0.25, 0.3) is 0 Å². The molecule has 5 heteroatoms. The summed E-state index contributed by atoms with van der Waals surface area (Å²) in [5, 5.41) is -0.491. The van der Waals surface area contributed by atoms with Crippen LogP contribution in [0.1, 0.15) is 36.5 Å². The molecule has 1 aromatic rings. The number of esters is 1. The number of ether oxygens (including phenoxy) is 2. The van der Waals surface area contributed by atoms with Gasteiger partial charge in [0.1, 0.15) is 5.75 Å². The fourth-order valence-electron chi connectivity index (χ4n) is 1.39. The topological polar surface area (TPSA) is 52.6 Å². The number of hydrogen-bond acceptors (Lipinski definition) is 4. The smallest absolute Gasteiger partial charge is 0.305 e. The van der Waals surface area contributed by atoms with Crippen molar-refractivity contribution in [1.29, 1.82) is 0 Å². The quantitative estimate of drug-likeness (QED) is 0.418. The lowest BCUT2D eigenvalue weighted by Crippen LogP contribution is -2.08. The van der Waals surface area contributed by atoms with Crippen LogP contribution in [0.2, 0.25) is 0 Å². The van der Waals surface area contributed by atoms with Crippen molar-refractivity contribution in [2.45, 2.75) is 26.2 Å². The van der Waals surface area contributed by atoms with Gasteiger partial charge in [-0.1, -0.05) is 6.92 Å². The van der Waals surface area contributed by atoms with E-state index in [1.165, 1.54) is 0 Å². The summed E-state index contributed by atoms with van der Waals surface area (Å²) in [5.41, 5.74) is 0.433. The number of hydrogen-bond donors (Lipinski definition) is 0. The lowest BCUT2D eigenvalue weighted by molar-refractivity contribution is -0.143. The Bertz CT molecular complexity index is 414. The molecule has 0 aromatic heterocycles. The van der Waals surface area contributed by atoms with Gasteiger partial charge in [0.15, 0.2) is 0 Å². The van der Waals surface area contributed by atoms with Gasteiger partial charge >= 0.3 is 5.97 Å². The zero-order valence-electron chi connectivity index (χ0n) is 10.9. The highest BCUT2D eigenvalue weighted by Gasteiger charge is 2.02. The van der Waals surface area contributed by atoms with Crippen LogP contribution in [0.5, 0.6) is 5.75 Å². The molecule has 0 heterocycles. The molecule has 0 aliphatic carbocycles.